The van der Waals surface area contributed by atoms with Crippen LogP contribution in [0.2, 0.25) is 0 Å². The van der Waals surface area contributed by atoms with Gasteiger partial charge in [-0.2, -0.15) is 0 Å². The van der Waals surface area contributed by atoms with Gasteiger partial charge in [-0.25, -0.2) is 0 Å². The van der Waals surface area contributed by atoms with Crippen molar-refractivity contribution in [3.8, 4) is 11.8 Å². The second-order valence-corrected chi connectivity index (χ2v) is 2.69. The summed E-state index contributed by atoms with van der Waals surface area (Å²) in [7, 11) is 0. The number of aryl methyl sites for hydroxylation is 1. The molecule has 12 heavy (non-hydrogen) atoms. The van der Waals surface area contributed by atoms with Crippen LogP contribution in [0, 0.1) is 18.8 Å². The van der Waals surface area contributed by atoms with E-state index >= 15 is 0 Å². The molecule has 1 rings (SSSR count). The topological polar surface area (TPSA) is 39.2 Å². The molecule has 0 fully saturated rings. The third-order valence-electron chi connectivity index (χ3n) is 1.63. The summed E-state index contributed by atoms with van der Waals surface area (Å²) < 4.78 is 5.35. The predicted octanol–water partition coefficient (Wildman–Crippen LogP) is 2.00. The molecule has 0 amide bonds. The number of hydrogen-bond donors (Lipinski definition) is 1. The fourth-order valence-electron chi connectivity index (χ4n) is 0.965. The monoisotopic (exact) mass is 163 g/mol. The first-order valence-corrected chi connectivity index (χ1v) is 3.95. The second kappa shape index (κ2) is 3.99. The molecule has 1 heterocycles. The van der Waals surface area contributed by atoms with Gasteiger partial charge in [-0.1, -0.05) is 0 Å². The van der Waals surface area contributed by atoms with Crippen LogP contribution in [0.3, 0.4) is 0 Å². The Morgan fingerprint density at radius 1 is 1.58 bits per heavy atom. The third-order valence-corrected chi connectivity index (χ3v) is 1.63. The molecule has 0 aliphatic carbocycles. The molecule has 2 heteroatoms. The maximum Gasteiger partial charge on any atom is 0.121 e. The van der Waals surface area contributed by atoms with E-state index in [0.29, 0.717) is 6.42 Å². The Bertz CT molecular complexity index is 303. The molecule has 0 aliphatic heterocycles. The minimum Gasteiger partial charge on any atom is -0.465 e. The summed E-state index contributed by atoms with van der Waals surface area (Å²) in [4.78, 5) is 0. The lowest BCUT2D eigenvalue weighted by molar-refractivity contribution is 0.449. The predicted molar refractivity (Wildman–Crippen MR) is 48.4 cm³/mol. The van der Waals surface area contributed by atoms with E-state index in [2.05, 4.69) is 11.8 Å². The van der Waals surface area contributed by atoms with Crippen molar-refractivity contribution in [3.63, 3.8) is 0 Å². The van der Waals surface area contributed by atoms with Gasteiger partial charge in [-0.3, -0.25) is 0 Å². The first-order valence-electron chi connectivity index (χ1n) is 3.95. The Hall–Kier alpha value is -1.20. The van der Waals surface area contributed by atoms with Crippen LogP contribution >= 0.6 is 0 Å². The molecule has 0 bridgehead atoms. The van der Waals surface area contributed by atoms with E-state index in [0.717, 1.165) is 11.5 Å². The van der Waals surface area contributed by atoms with E-state index in [9.17, 15) is 0 Å². The van der Waals surface area contributed by atoms with Gasteiger partial charge in [0.2, 0.25) is 0 Å². The van der Waals surface area contributed by atoms with Gasteiger partial charge in [0, 0.05) is 6.42 Å². The molecule has 0 saturated heterocycles. The minimum absolute atomic E-state index is 0.0915. The first-order chi connectivity index (χ1) is 5.74. The van der Waals surface area contributed by atoms with Gasteiger partial charge in [-0.05, 0) is 26.0 Å². The van der Waals surface area contributed by atoms with Gasteiger partial charge in [-0.15, -0.1) is 11.8 Å². The van der Waals surface area contributed by atoms with Crippen molar-refractivity contribution < 1.29 is 4.42 Å². The van der Waals surface area contributed by atoms with E-state index in [4.69, 9.17) is 10.2 Å². The lowest BCUT2D eigenvalue weighted by Crippen LogP contribution is -2.07. The lowest BCUT2D eigenvalue weighted by Gasteiger charge is -2.02. The van der Waals surface area contributed by atoms with E-state index in [1.165, 1.54) is 0 Å². The Kier molecular flexibility index (Phi) is 2.95. The zero-order chi connectivity index (χ0) is 8.97. The van der Waals surface area contributed by atoms with Gasteiger partial charge in [0.25, 0.3) is 0 Å². The fraction of sp³-hybridized carbons (Fsp3) is 0.400. The van der Waals surface area contributed by atoms with Crippen molar-refractivity contribution in [1.82, 2.24) is 0 Å². The molecule has 2 nitrogen and oxygen atoms in total. The molecule has 1 atom stereocenters. The van der Waals surface area contributed by atoms with Crippen LogP contribution in [0.25, 0.3) is 0 Å². The van der Waals surface area contributed by atoms with Crippen LogP contribution in [0.1, 0.15) is 30.9 Å². The highest BCUT2D eigenvalue weighted by atomic mass is 16.3. The standard InChI is InChI=1S/C10H13NO/c1-3-4-5-9(11)10-7-6-8(2)12-10/h6-7,9H,5,11H2,1-2H3. The molecule has 0 aromatic carbocycles. The fourth-order valence-corrected chi connectivity index (χ4v) is 0.965. The Balaban J connectivity index is 2.62. The van der Waals surface area contributed by atoms with Crippen molar-refractivity contribution in [1.29, 1.82) is 0 Å². The Morgan fingerprint density at radius 3 is 2.83 bits per heavy atom. The van der Waals surface area contributed by atoms with Crippen molar-refractivity contribution in [3.05, 3.63) is 23.7 Å². The van der Waals surface area contributed by atoms with E-state index in [1.807, 2.05) is 19.1 Å². The van der Waals surface area contributed by atoms with E-state index < -0.39 is 0 Å². The highest BCUT2D eigenvalue weighted by Crippen LogP contribution is 2.15. The molecule has 1 unspecified atom stereocenters. The summed E-state index contributed by atoms with van der Waals surface area (Å²) in [6.45, 7) is 3.71. The van der Waals surface area contributed by atoms with Gasteiger partial charge in [0.15, 0.2) is 0 Å². The molecule has 0 radical (unpaired) electrons. The van der Waals surface area contributed by atoms with Crippen LogP contribution in [-0.4, -0.2) is 0 Å². The van der Waals surface area contributed by atoms with Gasteiger partial charge < -0.3 is 10.2 Å². The molecular formula is C10H13NO. The molecule has 2 N–H and O–H groups in total. The maximum absolute atomic E-state index is 5.80. The summed E-state index contributed by atoms with van der Waals surface area (Å²) in [6, 6.07) is 3.72. The SMILES string of the molecule is CC#CCC(N)c1ccc(C)o1. The maximum atomic E-state index is 5.80. The summed E-state index contributed by atoms with van der Waals surface area (Å²) in [5.41, 5.74) is 5.80. The van der Waals surface area contributed by atoms with Crippen LogP contribution in [0.15, 0.2) is 16.5 Å². The highest BCUT2D eigenvalue weighted by molar-refractivity contribution is 5.12. The van der Waals surface area contributed by atoms with Gasteiger partial charge in [0.1, 0.15) is 11.5 Å². The number of furan rings is 1. The smallest absolute Gasteiger partial charge is 0.121 e. The van der Waals surface area contributed by atoms with Crippen LogP contribution in [-0.2, 0) is 0 Å². The largest absolute Gasteiger partial charge is 0.465 e. The average Bonchev–Trinajstić information content (AvgIpc) is 2.47. The summed E-state index contributed by atoms with van der Waals surface area (Å²) in [5, 5.41) is 0. The van der Waals surface area contributed by atoms with Crippen LogP contribution < -0.4 is 5.73 Å². The van der Waals surface area contributed by atoms with Gasteiger partial charge in [0.05, 0.1) is 6.04 Å². The van der Waals surface area contributed by atoms with Crippen molar-refractivity contribution >= 4 is 0 Å². The number of rotatable bonds is 2. The minimum atomic E-state index is -0.0915. The number of hydrogen-bond acceptors (Lipinski definition) is 2. The van der Waals surface area contributed by atoms with Gasteiger partial charge >= 0.3 is 0 Å². The van der Waals surface area contributed by atoms with Crippen LogP contribution in [0.4, 0.5) is 0 Å². The molecule has 0 saturated carbocycles. The lowest BCUT2D eigenvalue weighted by atomic mass is 10.2. The molecule has 0 aliphatic rings. The average molecular weight is 163 g/mol. The zero-order valence-electron chi connectivity index (χ0n) is 7.42. The van der Waals surface area contributed by atoms with Crippen LogP contribution in [0.5, 0.6) is 0 Å². The third kappa shape index (κ3) is 2.14. The molecule has 0 spiro atoms. The molecule has 64 valence electrons. The molecule has 1 aromatic rings. The Labute approximate surface area is 72.8 Å². The summed E-state index contributed by atoms with van der Waals surface area (Å²) in [5.74, 6) is 7.43. The van der Waals surface area contributed by atoms with Crippen molar-refractivity contribution in [2.45, 2.75) is 26.3 Å². The summed E-state index contributed by atoms with van der Waals surface area (Å²) in [6.07, 6.45) is 0.656. The Morgan fingerprint density at radius 2 is 2.33 bits per heavy atom. The van der Waals surface area contributed by atoms with Crippen molar-refractivity contribution in [2.24, 2.45) is 5.73 Å². The normalized spacial score (nSPS) is 11.9. The highest BCUT2D eigenvalue weighted by Gasteiger charge is 2.07. The number of nitrogens with two attached hydrogens (primary N) is 1. The molecular weight excluding hydrogens is 150 g/mol. The van der Waals surface area contributed by atoms with Crippen molar-refractivity contribution in [2.75, 3.05) is 0 Å². The molecule has 1 aromatic heterocycles. The quantitative estimate of drug-likeness (QED) is 0.677. The second-order valence-electron chi connectivity index (χ2n) is 2.69. The zero-order valence-corrected chi connectivity index (χ0v) is 7.42. The van der Waals surface area contributed by atoms with E-state index in [1.54, 1.807) is 6.92 Å². The van der Waals surface area contributed by atoms with E-state index in [-0.39, 0.29) is 6.04 Å². The summed E-state index contributed by atoms with van der Waals surface area (Å²) >= 11 is 0. The first kappa shape index (κ1) is 8.89.